The summed E-state index contributed by atoms with van der Waals surface area (Å²) in [4.78, 5) is 8.56. The van der Waals surface area contributed by atoms with Gasteiger partial charge in [0, 0.05) is 15.3 Å². The highest BCUT2D eigenvalue weighted by Gasteiger charge is 2.16. The summed E-state index contributed by atoms with van der Waals surface area (Å²) in [5, 5.41) is 12.7. The molecule has 0 fully saturated rings. The first kappa shape index (κ1) is 13.1. The summed E-state index contributed by atoms with van der Waals surface area (Å²) >= 11 is 0. The minimum Gasteiger partial charge on any atom is -0.214 e. The highest BCUT2D eigenvalue weighted by molar-refractivity contribution is 7.32. The number of nitrogens with zero attached hydrogens (tertiary/aromatic N) is 3. The maximum absolute atomic E-state index is 12.8. The Kier molecular flexibility index (Phi) is 3.82. The molecule has 19 heavy (non-hydrogen) atoms. The van der Waals surface area contributed by atoms with E-state index >= 15 is 0 Å². The predicted octanol–water partition coefficient (Wildman–Crippen LogP) is 1.88. The fourth-order valence-corrected chi connectivity index (χ4v) is 1.54. The Morgan fingerprint density at radius 3 is 2.74 bits per heavy atom. The van der Waals surface area contributed by atoms with Gasteiger partial charge in [-0.3, -0.25) is 0 Å². The topological polar surface area (TPSA) is 100 Å². The summed E-state index contributed by atoms with van der Waals surface area (Å²) in [6.07, 6.45) is 0. The van der Waals surface area contributed by atoms with Crippen LogP contribution in [0.2, 0.25) is 0 Å². The van der Waals surface area contributed by atoms with Gasteiger partial charge in [-0.05, 0) is 24.3 Å². The molecule has 2 aromatic rings. The monoisotopic (exact) mass is 281 g/mol. The largest absolute Gasteiger partial charge is 0.719 e. The van der Waals surface area contributed by atoms with Crippen LogP contribution >= 0.6 is 8.25 Å². The molecule has 7 nitrogen and oxygen atoms in total. The van der Waals surface area contributed by atoms with Gasteiger partial charge < -0.3 is 0 Å². The second-order valence-corrected chi connectivity index (χ2v) is 4.00. The van der Waals surface area contributed by atoms with Gasteiger partial charge in [0.1, 0.15) is 11.9 Å². The second kappa shape index (κ2) is 5.54. The van der Waals surface area contributed by atoms with Crippen molar-refractivity contribution in [2.45, 2.75) is 0 Å². The minimum atomic E-state index is -2.85. The third kappa shape index (κ3) is 3.11. The van der Waals surface area contributed by atoms with Gasteiger partial charge in [0.15, 0.2) is 11.5 Å². The van der Waals surface area contributed by atoms with Crippen molar-refractivity contribution >= 4 is 14.1 Å². The molecular formula is C10H7FN4O3P+. The molecule has 1 aromatic heterocycles. The van der Waals surface area contributed by atoms with Crippen LogP contribution in [0.1, 0.15) is 5.69 Å². The average Bonchev–Trinajstić information content (AvgIpc) is 2.80. The molecule has 0 saturated heterocycles. The zero-order chi connectivity index (χ0) is 13.8. The number of rotatable bonds is 4. The molecule has 2 N–H and O–H groups in total. The number of hydrogen-bond acceptors (Lipinski definition) is 5. The fraction of sp³-hybridized carbons (Fsp3) is 0. The lowest BCUT2D eigenvalue weighted by Gasteiger charge is -2.04. The van der Waals surface area contributed by atoms with Crippen LogP contribution in [0, 0.1) is 17.1 Å². The van der Waals surface area contributed by atoms with Crippen molar-refractivity contribution in [3.63, 3.8) is 0 Å². The van der Waals surface area contributed by atoms with E-state index in [9.17, 15) is 8.96 Å². The van der Waals surface area contributed by atoms with Crippen LogP contribution < -0.4 is 5.48 Å². The van der Waals surface area contributed by atoms with Gasteiger partial charge in [0.2, 0.25) is 0 Å². The zero-order valence-electron chi connectivity index (χ0n) is 9.32. The number of anilines is 1. The summed E-state index contributed by atoms with van der Waals surface area (Å²) in [6, 6.07) is 8.46. The number of aromatic nitrogens is 2. The molecule has 1 unspecified atom stereocenters. The lowest BCUT2D eigenvalue weighted by Crippen LogP contribution is -2.04. The van der Waals surface area contributed by atoms with Gasteiger partial charge in [0.05, 0.1) is 5.69 Å². The summed E-state index contributed by atoms with van der Waals surface area (Å²) in [6.45, 7) is 0. The quantitative estimate of drug-likeness (QED) is 0.655. The molecule has 0 aliphatic carbocycles. The van der Waals surface area contributed by atoms with Crippen LogP contribution in [0.4, 0.5) is 10.2 Å². The highest BCUT2D eigenvalue weighted by Crippen LogP contribution is 2.21. The third-order valence-corrected chi connectivity index (χ3v) is 2.37. The van der Waals surface area contributed by atoms with Crippen molar-refractivity contribution < 1.29 is 18.5 Å². The Morgan fingerprint density at radius 2 is 2.16 bits per heavy atom. The first-order chi connectivity index (χ1) is 9.10. The molecule has 1 aromatic carbocycles. The number of nitrogens with one attached hydrogen (secondary N) is 1. The van der Waals surface area contributed by atoms with Crippen molar-refractivity contribution in [3.05, 3.63) is 41.8 Å². The summed E-state index contributed by atoms with van der Waals surface area (Å²) in [5.41, 5.74) is 2.74. The van der Waals surface area contributed by atoms with E-state index in [0.29, 0.717) is 5.69 Å². The second-order valence-electron chi connectivity index (χ2n) is 3.35. The van der Waals surface area contributed by atoms with E-state index < -0.39 is 14.1 Å². The van der Waals surface area contributed by atoms with Crippen molar-refractivity contribution in [1.82, 2.24) is 9.78 Å². The zero-order valence-corrected chi connectivity index (χ0v) is 10.2. The van der Waals surface area contributed by atoms with E-state index in [1.165, 1.54) is 35.0 Å². The molecule has 9 heteroatoms. The molecule has 0 saturated carbocycles. The number of nitriles is 1. The Labute approximate surface area is 107 Å². The van der Waals surface area contributed by atoms with Crippen molar-refractivity contribution in [3.8, 4) is 11.8 Å². The summed E-state index contributed by atoms with van der Waals surface area (Å²) in [5.74, 6) is -0.249. The number of hydrogen-bond donors (Lipinski definition) is 2. The first-order valence-electron chi connectivity index (χ1n) is 4.95. The van der Waals surface area contributed by atoms with Crippen LogP contribution in [0.15, 0.2) is 30.3 Å². The summed E-state index contributed by atoms with van der Waals surface area (Å²) < 4.78 is 28.9. The molecule has 96 valence electrons. The van der Waals surface area contributed by atoms with Crippen LogP contribution in [-0.2, 0) is 9.19 Å². The van der Waals surface area contributed by atoms with Gasteiger partial charge >= 0.3 is 8.25 Å². The Balaban J connectivity index is 2.37. The number of benzene rings is 1. The van der Waals surface area contributed by atoms with Crippen molar-refractivity contribution in [2.24, 2.45) is 0 Å². The van der Waals surface area contributed by atoms with Crippen LogP contribution in [0.3, 0.4) is 0 Å². The van der Waals surface area contributed by atoms with E-state index in [1.807, 2.05) is 6.07 Å². The van der Waals surface area contributed by atoms with Crippen molar-refractivity contribution in [1.29, 1.82) is 5.26 Å². The van der Waals surface area contributed by atoms with E-state index in [-0.39, 0.29) is 11.5 Å². The first-order valence-corrected chi connectivity index (χ1v) is 6.08. The molecule has 1 atom stereocenters. The minimum absolute atomic E-state index is 0.0728. The Hall–Kier alpha value is -2.33. The molecule has 1 heterocycles. The van der Waals surface area contributed by atoms with Gasteiger partial charge in [-0.2, -0.15) is 15.8 Å². The van der Waals surface area contributed by atoms with Crippen LogP contribution in [0.5, 0.6) is 0 Å². The predicted molar refractivity (Wildman–Crippen MR) is 62.8 cm³/mol. The van der Waals surface area contributed by atoms with Crippen molar-refractivity contribution in [2.75, 3.05) is 5.48 Å². The van der Waals surface area contributed by atoms with E-state index in [2.05, 4.69) is 15.2 Å². The van der Waals surface area contributed by atoms with Gasteiger partial charge in [-0.15, -0.1) is 4.89 Å². The lowest BCUT2D eigenvalue weighted by atomic mass is 10.3. The number of halogens is 1. The normalized spacial score (nSPS) is 10.9. The van der Waals surface area contributed by atoms with Gasteiger partial charge in [-0.25, -0.2) is 9.07 Å². The van der Waals surface area contributed by atoms with E-state index in [0.717, 1.165) is 0 Å². The lowest BCUT2D eigenvalue weighted by molar-refractivity contribution is 0.336. The molecule has 2 rings (SSSR count). The van der Waals surface area contributed by atoms with Gasteiger partial charge in [-0.1, -0.05) is 0 Å². The average molecular weight is 281 g/mol. The van der Waals surface area contributed by atoms with E-state index in [4.69, 9.17) is 10.2 Å². The maximum atomic E-state index is 12.8. The summed E-state index contributed by atoms with van der Waals surface area (Å²) in [7, 11) is -2.85. The third-order valence-electron chi connectivity index (χ3n) is 2.12. The molecule has 0 aliphatic heterocycles. The molecule has 0 bridgehead atoms. The SMILES string of the molecule is N#Cc1cc(NO[P+](=O)O)n(-c2ccc(F)cc2)n1. The van der Waals surface area contributed by atoms with E-state index in [1.54, 1.807) is 0 Å². The van der Waals surface area contributed by atoms with Gasteiger partial charge in [0.25, 0.3) is 0 Å². The highest BCUT2D eigenvalue weighted by atomic mass is 31.1. The smallest absolute Gasteiger partial charge is 0.214 e. The molecule has 0 spiro atoms. The Bertz CT molecular complexity index is 650. The molecule has 0 aliphatic rings. The maximum Gasteiger partial charge on any atom is 0.719 e. The molecule has 0 radical (unpaired) electrons. The Morgan fingerprint density at radius 1 is 1.47 bits per heavy atom. The molecular weight excluding hydrogens is 274 g/mol. The van der Waals surface area contributed by atoms with Crippen LogP contribution in [-0.4, -0.2) is 14.7 Å². The molecule has 0 amide bonds. The fourth-order valence-electron chi connectivity index (χ4n) is 1.37. The van der Waals surface area contributed by atoms with Crippen LogP contribution in [0.25, 0.3) is 5.69 Å². The standard InChI is InChI=1S/C10H6FN4O3P/c11-7-1-3-9(4-2-7)15-10(14-18-19(16)17)5-8(6-12)13-15/h1-5,14H/p+1.